The molecule has 17 amide bonds. The lowest BCUT2D eigenvalue weighted by atomic mass is 9.94. The third-order valence-corrected chi connectivity index (χ3v) is 18.5. The quantitative estimate of drug-likeness (QED) is 0.0238. The van der Waals surface area contributed by atoms with Gasteiger partial charge in [-0.2, -0.15) is 0 Å². The second kappa shape index (κ2) is 60.1. The summed E-state index contributed by atoms with van der Waals surface area (Å²) in [5.41, 5.74) is 0. The zero-order chi connectivity index (χ0) is 86.1. The molecule has 9 N–H and O–H groups in total. The fourth-order valence-corrected chi connectivity index (χ4v) is 11.9. The van der Waals surface area contributed by atoms with Crippen molar-refractivity contribution in [3.63, 3.8) is 0 Å². The summed E-state index contributed by atoms with van der Waals surface area (Å²) in [6, 6.07) is -0.938. The van der Waals surface area contributed by atoms with E-state index in [0.29, 0.717) is 64.5 Å². The molecule has 4 heterocycles. The topological polar surface area (TPSA) is 518 Å². The van der Waals surface area contributed by atoms with Crippen molar-refractivity contribution < 1.29 is 124 Å². The van der Waals surface area contributed by atoms with E-state index in [1.165, 1.54) is 0 Å². The van der Waals surface area contributed by atoms with E-state index in [1.54, 1.807) is 0 Å². The SMILES string of the molecule is CC(CCCCNC(=O)CCOCCNC(=O)C(CCCCCC(=O)CCOCCNC(=O)CCN1C(=O)C=CC1=O)NC(=O)CCOCCNC(=O)CCN1C(=O)C=CC1=O)CC(=O)CCOCCNC(=O)C(CCCCNC(=O)CCOCCNC(=O)CCN1C(=O)C=CC1=O)CC(=O)CCOCCNC(=O)CCN1C(=O)C=CC1=O. The van der Waals surface area contributed by atoms with Gasteiger partial charge in [0.05, 0.1) is 79.3 Å². The molecular formula is C79H117N13O26. The number of hydrogen-bond acceptors (Lipinski definition) is 26. The highest BCUT2D eigenvalue weighted by molar-refractivity contribution is 6.15. The predicted octanol–water partition coefficient (Wildman–Crippen LogP) is -1.87. The Morgan fingerprint density at radius 2 is 0.559 bits per heavy atom. The molecule has 39 nitrogen and oxygen atoms in total. The molecule has 4 aliphatic rings. The van der Waals surface area contributed by atoms with Crippen molar-refractivity contribution in [3.8, 4) is 0 Å². The highest BCUT2D eigenvalue weighted by Crippen LogP contribution is 2.17. The average molecular weight is 1660 g/mol. The maximum Gasteiger partial charge on any atom is 0.253 e. The standard InChI is InChI=1S/C79H117N13O26/c1-57(55-60(94)26-44-115-53-37-86-78(111)58(56-61(95)27-45-114-50-34-83-64(97)22-40-90-72(105)15-16-73(90)106)10-6-8-32-81-68(101)28-46-116-51-35-84-65(98)23-41-91-74(107)17-18-75(91)108)9-5-7-31-80-67(100)29-47-117-54-38-87-79(112)62(88-69(102)30-48-118-52-36-85-66(99)24-42-92-76(109)19-20-77(92)110)12-4-2-3-11-59(93)25-43-113-49-33-82-63(96)21-39-89-70(103)13-14-71(89)104/h13-20,57-58,62H,2-12,21-56H2,1H3,(H,80,100)(H,81,101)(H,82,96)(H,83,97)(H,84,98)(H,85,99)(H,86,111)(H,87,112)(H,88,102). The maximum atomic E-state index is 13.5. The number of ether oxygens (including phenoxy) is 6. The van der Waals surface area contributed by atoms with E-state index < -0.39 is 82.8 Å². The third-order valence-electron chi connectivity index (χ3n) is 18.5. The van der Waals surface area contributed by atoms with Gasteiger partial charge in [-0.15, -0.1) is 0 Å². The molecule has 0 aromatic carbocycles. The van der Waals surface area contributed by atoms with Crippen LogP contribution < -0.4 is 47.9 Å². The second-order valence-electron chi connectivity index (χ2n) is 28.0. The van der Waals surface area contributed by atoms with E-state index in [9.17, 15) is 95.9 Å². The van der Waals surface area contributed by atoms with Crippen LogP contribution in [0, 0.1) is 11.8 Å². The molecule has 0 radical (unpaired) electrons. The van der Waals surface area contributed by atoms with Crippen LogP contribution in [0.5, 0.6) is 0 Å². The summed E-state index contributed by atoms with van der Waals surface area (Å²) in [5, 5.41) is 24.5. The number of Topliss-reactive ketones (excluding diaryl/α,β-unsaturated/α-hetero) is 3. The Morgan fingerprint density at radius 3 is 0.932 bits per heavy atom. The lowest BCUT2D eigenvalue weighted by Gasteiger charge is -2.19. The van der Waals surface area contributed by atoms with Crippen molar-refractivity contribution in [2.75, 3.05) is 158 Å². The van der Waals surface area contributed by atoms with Crippen LogP contribution in [0.1, 0.15) is 155 Å². The van der Waals surface area contributed by atoms with Crippen LogP contribution in [0.4, 0.5) is 0 Å². The summed E-state index contributed by atoms with van der Waals surface area (Å²) in [5.74, 6) is -8.12. The van der Waals surface area contributed by atoms with Crippen LogP contribution >= 0.6 is 0 Å². The van der Waals surface area contributed by atoms with E-state index in [2.05, 4.69) is 47.9 Å². The molecule has 0 saturated carbocycles. The molecule has 0 aromatic rings. The predicted molar refractivity (Wildman–Crippen MR) is 418 cm³/mol. The number of carbonyl (C=O) groups is 20. The van der Waals surface area contributed by atoms with Crippen LogP contribution in [0.25, 0.3) is 0 Å². The van der Waals surface area contributed by atoms with Gasteiger partial charge in [-0.25, -0.2) is 0 Å². The first-order valence-corrected chi connectivity index (χ1v) is 40.4. The minimum Gasteiger partial charge on any atom is -0.379 e. The molecule has 39 heteroatoms. The highest BCUT2D eigenvalue weighted by atomic mass is 16.5. The highest BCUT2D eigenvalue weighted by Gasteiger charge is 2.29. The van der Waals surface area contributed by atoms with Gasteiger partial charge in [-0.05, 0) is 38.0 Å². The van der Waals surface area contributed by atoms with Gasteiger partial charge >= 0.3 is 0 Å². The Balaban J connectivity index is 1.05. The Bertz CT molecular complexity index is 3460. The number of rotatable bonds is 71. The summed E-state index contributed by atoms with van der Waals surface area (Å²) in [6.45, 7) is 4.23. The second-order valence-corrected chi connectivity index (χ2v) is 28.0. The van der Waals surface area contributed by atoms with Crippen molar-refractivity contribution >= 4 is 118 Å². The molecule has 3 atom stereocenters. The van der Waals surface area contributed by atoms with E-state index in [-0.39, 0.29) is 281 Å². The molecule has 4 aliphatic heterocycles. The van der Waals surface area contributed by atoms with Crippen molar-refractivity contribution in [1.29, 1.82) is 0 Å². The van der Waals surface area contributed by atoms with Gasteiger partial charge in [0.15, 0.2) is 0 Å². The van der Waals surface area contributed by atoms with E-state index in [4.69, 9.17) is 28.4 Å². The lowest BCUT2D eigenvalue weighted by Crippen LogP contribution is -2.47. The number of amides is 17. The first kappa shape index (κ1) is 99.9. The van der Waals surface area contributed by atoms with Crippen LogP contribution in [0.3, 0.4) is 0 Å². The number of nitrogens with zero attached hydrogens (tertiary/aromatic N) is 4. The largest absolute Gasteiger partial charge is 0.379 e. The summed E-state index contributed by atoms with van der Waals surface area (Å²) in [6.07, 6.45) is 14.9. The first-order valence-electron chi connectivity index (χ1n) is 40.4. The molecule has 0 spiro atoms. The van der Waals surface area contributed by atoms with Crippen molar-refractivity contribution in [3.05, 3.63) is 48.6 Å². The van der Waals surface area contributed by atoms with E-state index >= 15 is 0 Å². The average Bonchev–Trinajstić information content (AvgIpc) is 1.75. The van der Waals surface area contributed by atoms with Gasteiger partial charge < -0.3 is 76.3 Å². The minimum atomic E-state index is -0.938. The molecule has 0 aromatic heterocycles. The fraction of sp³-hybridized carbons (Fsp3) is 0.646. The Kier molecular flexibility index (Phi) is 50.8. The molecule has 3 unspecified atom stereocenters. The smallest absolute Gasteiger partial charge is 0.253 e. The van der Waals surface area contributed by atoms with E-state index in [1.807, 2.05) is 6.92 Å². The lowest BCUT2D eigenvalue weighted by molar-refractivity contribution is -0.139. The number of unbranched alkanes of at least 4 members (excludes halogenated alkanes) is 4. The first-order chi connectivity index (χ1) is 56.8. The normalized spacial score (nSPS) is 14.3. The molecule has 0 saturated heterocycles. The number of ketones is 3. The van der Waals surface area contributed by atoms with Gasteiger partial charge in [-0.1, -0.05) is 39.0 Å². The Labute approximate surface area is 685 Å². The number of hydrogen-bond donors (Lipinski definition) is 9. The van der Waals surface area contributed by atoms with Crippen molar-refractivity contribution in [2.45, 2.75) is 161 Å². The molecule has 0 fully saturated rings. The van der Waals surface area contributed by atoms with Crippen molar-refractivity contribution in [2.24, 2.45) is 11.8 Å². The molecular weight excluding hydrogens is 1550 g/mol. The molecule has 0 aliphatic carbocycles. The van der Waals surface area contributed by atoms with Gasteiger partial charge in [0.25, 0.3) is 47.3 Å². The van der Waals surface area contributed by atoms with Crippen LogP contribution in [-0.4, -0.2) is 301 Å². The van der Waals surface area contributed by atoms with Crippen molar-refractivity contribution in [1.82, 2.24) is 67.5 Å². The summed E-state index contributed by atoms with van der Waals surface area (Å²) < 4.78 is 33.2. The zero-order valence-electron chi connectivity index (χ0n) is 67.5. The minimum absolute atomic E-state index is 0.00426. The molecule has 118 heavy (non-hydrogen) atoms. The maximum absolute atomic E-state index is 13.5. The van der Waals surface area contributed by atoms with E-state index in [0.717, 1.165) is 81.0 Å². The number of imide groups is 4. The Morgan fingerprint density at radius 1 is 0.271 bits per heavy atom. The molecule has 0 bridgehead atoms. The monoisotopic (exact) mass is 1660 g/mol. The summed E-state index contributed by atoms with van der Waals surface area (Å²) in [7, 11) is 0. The molecule has 4 rings (SSSR count). The zero-order valence-corrected chi connectivity index (χ0v) is 67.5. The van der Waals surface area contributed by atoms with Gasteiger partial charge in [0.1, 0.15) is 23.4 Å². The molecule has 654 valence electrons. The fourth-order valence-electron chi connectivity index (χ4n) is 11.9. The Hall–Kier alpha value is -10.5. The summed E-state index contributed by atoms with van der Waals surface area (Å²) >= 11 is 0. The van der Waals surface area contributed by atoms with Gasteiger partial charge in [-0.3, -0.25) is 115 Å². The van der Waals surface area contributed by atoms with Crippen LogP contribution in [-0.2, 0) is 124 Å². The third kappa shape index (κ3) is 45.3. The summed E-state index contributed by atoms with van der Waals surface area (Å²) in [4.78, 5) is 250. The number of nitrogens with one attached hydrogen (secondary N) is 9. The number of carbonyl (C=O) groups excluding carboxylic acids is 20. The van der Waals surface area contributed by atoms with Crippen LogP contribution in [0.2, 0.25) is 0 Å². The van der Waals surface area contributed by atoms with Crippen LogP contribution in [0.15, 0.2) is 48.6 Å². The van der Waals surface area contributed by atoms with Gasteiger partial charge in [0.2, 0.25) is 53.2 Å². The van der Waals surface area contributed by atoms with Gasteiger partial charge in [0, 0.05) is 217 Å².